The maximum atomic E-state index is 12.4. The highest BCUT2D eigenvalue weighted by Gasteiger charge is 2.09. The van der Waals surface area contributed by atoms with Crippen LogP contribution in [0.3, 0.4) is 0 Å². The molecule has 0 bridgehead atoms. The van der Waals surface area contributed by atoms with Gasteiger partial charge < -0.3 is 20.4 Å². The van der Waals surface area contributed by atoms with Gasteiger partial charge in [-0.1, -0.05) is 18.2 Å². The number of para-hydroxylation sites is 1. The van der Waals surface area contributed by atoms with E-state index in [2.05, 4.69) is 20.6 Å². The molecule has 2 aromatic carbocycles. The van der Waals surface area contributed by atoms with E-state index < -0.39 is 0 Å². The molecule has 0 radical (unpaired) electrons. The lowest BCUT2D eigenvalue weighted by atomic mass is 10.1. The fourth-order valence-corrected chi connectivity index (χ4v) is 3.02. The number of benzene rings is 2. The van der Waals surface area contributed by atoms with Gasteiger partial charge in [0.2, 0.25) is 5.91 Å². The summed E-state index contributed by atoms with van der Waals surface area (Å²) in [4.78, 5) is 19.9. The van der Waals surface area contributed by atoms with Crippen LogP contribution in [-0.2, 0) is 11.2 Å². The van der Waals surface area contributed by atoms with E-state index in [9.17, 15) is 4.79 Å². The van der Waals surface area contributed by atoms with E-state index >= 15 is 0 Å². The van der Waals surface area contributed by atoms with E-state index in [1.54, 1.807) is 13.3 Å². The second-order valence-electron chi connectivity index (χ2n) is 6.37. The van der Waals surface area contributed by atoms with Crippen molar-refractivity contribution in [3.05, 3.63) is 78.6 Å². The third-order valence-corrected chi connectivity index (χ3v) is 4.44. The Hall–Kier alpha value is -3.80. The van der Waals surface area contributed by atoms with Crippen LogP contribution in [0.4, 0.5) is 17.2 Å². The number of carbonyl (C=O) groups excluding carboxylic acids is 1. The zero-order chi connectivity index (χ0) is 19.3. The molecule has 0 unspecified atom stereocenters. The summed E-state index contributed by atoms with van der Waals surface area (Å²) in [5.41, 5.74) is 3.56. The van der Waals surface area contributed by atoms with Crippen LogP contribution in [0.15, 0.2) is 73.1 Å². The number of methoxy groups -OCH3 is 1. The molecule has 2 heterocycles. The van der Waals surface area contributed by atoms with Crippen molar-refractivity contribution in [1.82, 2.24) is 9.97 Å². The van der Waals surface area contributed by atoms with E-state index in [0.717, 1.165) is 27.9 Å². The molecule has 6 nitrogen and oxygen atoms in total. The maximum Gasteiger partial charge on any atom is 0.228 e. The van der Waals surface area contributed by atoms with Gasteiger partial charge >= 0.3 is 0 Å². The van der Waals surface area contributed by atoms with Crippen molar-refractivity contribution in [2.45, 2.75) is 6.42 Å². The monoisotopic (exact) mass is 372 g/mol. The summed E-state index contributed by atoms with van der Waals surface area (Å²) in [6.07, 6.45) is 3.82. The summed E-state index contributed by atoms with van der Waals surface area (Å²) in [6.45, 7) is 0. The fraction of sp³-hybridized carbons (Fsp3) is 0.0909. The van der Waals surface area contributed by atoms with Gasteiger partial charge in [-0.3, -0.25) is 4.79 Å². The molecule has 140 valence electrons. The van der Waals surface area contributed by atoms with E-state index in [4.69, 9.17) is 4.74 Å². The van der Waals surface area contributed by atoms with Crippen LogP contribution >= 0.6 is 0 Å². The fourth-order valence-electron chi connectivity index (χ4n) is 3.02. The molecule has 0 aliphatic heterocycles. The van der Waals surface area contributed by atoms with E-state index in [1.807, 2.05) is 66.9 Å². The third kappa shape index (κ3) is 3.96. The number of rotatable bonds is 6. The predicted octanol–water partition coefficient (Wildman–Crippen LogP) is 4.50. The first-order valence-corrected chi connectivity index (χ1v) is 8.93. The molecule has 28 heavy (non-hydrogen) atoms. The van der Waals surface area contributed by atoms with Crippen molar-refractivity contribution < 1.29 is 9.53 Å². The lowest BCUT2D eigenvalue weighted by Crippen LogP contribution is -2.14. The highest BCUT2D eigenvalue weighted by atomic mass is 16.5. The summed E-state index contributed by atoms with van der Waals surface area (Å²) in [5, 5.41) is 7.16. The Morgan fingerprint density at radius 1 is 1.04 bits per heavy atom. The molecule has 2 aromatic heterocycles. The number of aromatic nitrogens is 2. The van der Waals surface area contributed by atoms with Gasteiger partial charge in [0.05, 0.1) is 25.4 Å². The van der Waals surface area contributed by atoms with Gasteiger partial charge in [0.25, 0.3) is 0 Å². The molecule has 0 atom stereocenters. The Balaban J connectivity index is 1.37. The van der Waals surface area contributed by atoms with Crippen LogP contribution < -0.4 is 15.4 Å². The first kappa shape index (κ1) is 17.6. The van der Waals surface area contributed by atoms with Crippen LogP contribution in [0.1, 0.15) is 5.56 Å². The summed E-state index contributed by atoms with van der Waals surface area (Å²) >= 11 is 0. The number of aromatic amines is 1. The SMILES string of the molecule is COc1ccc(Nc2ccc(NC(=O)Cc3c[nH]c4ccccc34)cn2)cc1. The molecule has 0 aliphatic rings. The molecule has 1 amide bonds. The lowest BCUT2D eigenvalue weighted by molar-refractivity contribution is -0.115. The van der Waals surface area contributed by atoms with Gasteiger partial charge in [0.15, 0.2) is 0 Å². The second-order valence-corrected chi connectivity index (χ2v) is 6.37. The zero-order valence-electron chi connectivity index (χ0n) is 15.4. The van der Waals surface area contributed by atoms with Crippen molar-refractivity contribution in [1.29, 1.82) is 0 Å². The minimum atomic E-state index is -0.0811. The summed E-state index contributed by atoms with van der Waals surface area (Å²) in [5.74, 6) is 1.41. The normalized spacial score (nSPS) is 10.6. The smallest absolute Gasteiger partial charge is 0.228 e. The van der Waals surface area contributed by atoms with Crippen molar-refractivity contribution in [3.63, 3.8) is 0 Å². The number of nitrogens with zero attached hydrogens (tertiary/aromatic N) is 1. The second kappa shape index (κ2) is 7.84. The minimum Gasteiger partial charge on any atom is -0.497 e. The summed E-state index contributed by atoms with van der Waals surface area (Å²) < 4.78 is 5.15. The Kier molecular flexibility index (Phi) is 4.93. The lowest BCUT2D eigenvalue weighted by Gasteiger charge is -2.08. The molecule has 0 aliphatic carbocycles. The molecule has 0 spiro atoms. The molecule has 4 aromatic rings. The molecule has 0 fully saturated rings. The predicted molar refractivity (Wildman–Crippen MR) is 111 cm³/mol. The van der Waals surface area contributed by atoms with Gasteiger partial charge in [-0.15, -0.1) is 0 Å². The molecular weight excluding hydrogens is 352 g/mol. The topological polar surface area (TPSA) is 79.0 Å². The zero-order valence-corrected chi connectivity index (χ0v) is 15.4. The number of ether oxygens (including phenoxy) is 1. The number of amides is 1. The molecule has 4 rings (SSSR count). The average molecular weight is 372 g/mol. The number of pyridine rings is 1. The maximum absolute atomic E-state index is 12.4. The van der Waals surface area contributed by atoms with E-state index in [0.29, 0.717) is 17.9 Å². The third-order valence-electron chi connectivity index (χ3n) is 4.44. The Bertz CT molecular complexity index is 1090. The number of H-pyrrole nitrogens is 1. The van der Waals surface area contributed by atoms with Crippen molar-refractivity contribution in [2.24, 2.45) is 0 Å². The van der Waals surface area contributed by atoms with Crippen LogP contribution in [-0.4, -0.2) is 23.0 Å². The first-order chi connectivity index (χ1) is 13.7. The molecule has 0 saturated heterocycles. The van der Waals surface area contributed by atoms with Gasteiger partial charge in [-0.2, -0.15) is 0 Å². The van der Waals surface area contributed by atoms with E-state index in [-0.39, 0.29) is 5.91 Å². The van der Waals surface area contributed by atoms with Crippen LogP contribution in [0.2, 0.25) is 0 Å². The Labute approximate surface area is 162 Å². The number of anilines is 3. The average Bonchev–Trinajstić information content (AvgIpc) is 3.13. The van der Waals surface area contributed by atoms with Crippen molar-refractivity contribution in [3.8, 4) is 5.75 Å². The quantitative estimate of drug-likeness (QED) is 0.466. The number of carbonyl (C=O) groups is 1. The van der Waals surface area contributed by atoms with Crippen LogP contribution in [0, 0.1) is 0 Å². The number of nitrogens with one attached hydrogen (secondary N) is 3. The molecule has 0 saturated carbocycles. The number of hydrogen-bond donors (Lipinski definition) is 3. The first-order valence-electron chi connectivity index (χ1n) is 8.93. The number of fused-ring (bicyclic) bond motifs is 1. The highest BCUT2D eigenvalue weighted by molar-refractivity contribution is 5.95. The Morgan fingerprint density at radius 3 is 2.57 bits per heavy atom. The van der Waals surface area contributed by atoms with Gasteiger partial charge in [0.1, 0.15) is 11.6 Å². The largest absolute Gasteiger partial charge is 0.497 e. The highest BCUT2D eigenvalue weighted by Crippen LogP contribution is 2.21. The van der Waals surface area contributed by atoms with Gasteiger partial charge in [0, 0.05) is 22.8 Å². The van der Waals surface area contributed by atoms with Crippen LogP contribution in [0.25, 0.3) is 10.9 Å². The molecule has 3 N–H and O–H groups in total. The number of hydrogen-bond acceptors (Lipinski definition) is 4. The summed E-state index contributed by atoms with van der Waals surface area (Å²) in [7, 11) is 1.63. The van der Waals surface area contributed by atoms with Crippen molar-refractivity contribution in [2.75, 3.05) is 17.7 Å². The van der Waals surface area contributed by atoms with E-state index in [1.165, 1.54) is 0 Å². The minimum absolute atomic E-state index is 0.0811. The molecular formula is C22H20N4O2. The van der Waals surface area contributed by atoms with Crippen LogP contribution in [0.5, 0.6) is 5.75 Å². The van der Waals surface area contributed by atoms with Gasteiger partial charge in [-0.25, -0.2) is 4.98 Å². The van der Waals surface area contributed by atoms with Gasteiger partial charge in [-0.05, 0) is 48.0 Å². The summed E-state index contributed by atoms with van der Waals surface area (Å²) in [6, 6.07) is 19.2. The standard InChI is InChI=1S/C22H20N4O2/c1-28-18-9-6-16(7-10-18)25-21-11-8-17(14-24-21)26-22(27)12-15-13-23-20-5-3-2-4-19(15)20/h2-11,13-14,23H,12H2,1H3,(H,24,25)(H,26,27). The Morgan fingerprint density at radius 2 is 1.82 bits per heavy atom. The molecule has 6 heteroatoms. The van der Waals surface area contributed by atoms with Crippen molar-refractivity contribution >= 4 is 34.0 Å².